The van der Waals surface area contributed by atoms with Crippen LogP contribution in [0.5, 0.6) is 0 Å². The lowest BCUT2D eigenvalue weighted by molar-refractivity contribution is 0.0953. The summed E-state index contributed by atoms with van der Waals surface area (Å²) in [5.74, 6) is -0.184. The third kappa shape index (κ3) is 5.85. The Balaban J connectivity index is 2.66. The minimum atomic E-state index is -3.48. The molecular weight excluding hydrogens is 288 g/mol. The maximum atomic E-state index is 12.0. The zero-order chi connectivity index (χ0) is 15.7. The van der Waals surface area contributed by atoms with Gasteiger partial charge in [0.1, 0.15) is 0 Å². The standard InChI is InChI=1S/C15H24N2O3S/c1-3-5-6-12-17-21(19,20)14-9-7-13(8-10-14)15(18)16-11-4-2/h7-10,17H,3-6,11-12H2,1-2H3,(H,16,18). The van der Waals surface area contributed by atoms with E-state index in [9.17, 15) is 13.2 Å². The average Bonchev–Trinajstić information content (AvgIpc) is 2.49. The van der Waals surface area contributed by atoms with E-state index in [0.29, 0.717) is 18.7 Å². The molecule has 0 heterocycles. The second kappa shape index (κ2) is 8.79. The number of hydrogen-bond donors (Lipinski definition) is 2. The highest BCUT2D eigenvalue weighted by atomic mass is 32.2. The lowest BCUT2D eigenvalue weighted by Gasteiger charge is -2.08. The fourth-order valence-electron chi connectivity index (χ4n) is 1.79. The molecule has 0 saturated carbocycles. The molecule has 0 radical (unpaired) electrons. The van der Waals surface area contributed by atoms with Crippen LogP contribution < -0.4 is 10.0 Å². The highest BCUT2D eigenvalue weighted by Crippen LogP contribution is 2.10. The molecule has 1 rings (SSSR count). The van der Waals surface area contributed by atoms with Gasteiger partial charge in [0.2, 0.25) is 10.0 Å². The molecular formula is C15H24N2O3S. The van der Waals surface area contributed by atoms with Crippen molar-refractivity contribution >= 4 is 15.9 Å². The number of rotatable bonds is 9. The van der Waals surface area contributed by atoms with E-state index in [1.54, 1.807) is 0 Å². The van der Waals surface area contributed by atoms with Gasteiger partial charge in [0.25, 0.3) is 5.91 Å². The van der Waals surface area contributed by atoms with Gasteiger partial charge in [0.15, 0.2) is 0 Å². The van der Waals surface area contributed by atoms with Gasteiger partial charge in [-0.05, 0) is 37.1 Å². The van der Waals surface area contributed by atoms with Gasteiger partial charge in [-0.3, -0.25) is 4.79 Å². The van der Waals surface area contributed by atoms with E-state index in [1.807, 2.05) is 6.92 Å². The first kappa shape index (κ1) is 17.7. The summed E-state index contributed by atoms with van der Waals surface area (Å²) in [5, 5.41) is 2.75. The van der Waals surface area contributed by atoms with Crippen LogP contribution in [0.2, 0.25) is 0 Å². The summed E-state index contributed by atoms with van der Waals surface area (Å²) in [4.78, 5) is 11.9. The Morgan fingerprint density at radius 1 is 1.00 bits per heavy atom. The molecule has 0 aliphatic heterocycles. The van der Waals surface area contributed by atoms with Crippen LogP contribution in [-0.4, -0.2) is 27.4 Å². The summed E-state index contributed by atoms with van der Waals surface area (Å²) in [6, 6.07) is 5.99. The molecule has 0 bridgehead atoms. The molecule has 1 aromatic carbocycles. The van der Waals surface area contributed by atoms with Crippen molar-refractivity contribution in [3.63, 3.8) is 0 Å². The van der Waals surface area contributed by atoms with E-state index < -0.39 is 10.0 Å². The number of nitrogens with one attached hydrogen (secondary N) is 2. The normalized spacial score (nSPS) is 11.3. The van der Waals surface area contributed by atoms with Crippen molar-refractivity contribution < 1.29 is 13.2 Å². The minimum Gasteiger partial charge on any atom is -0.352 e. The fourth-order valence-corrected chi connectivity index (χ4v) is 2.87. The van der Waals surface area contributed by atoms with E-state index in [0.717, 1.165) is 25.7 Å². The van der Waals surface area contributed by atoms with Gasteiger partial charge < -0.3 is 5.32 Å². The lowest BCUT2D eigenvalue weighted by atomic mass is 10.2. The van der Waals surface area contributed by atoms with Crippen molar-refractivity contribution in [2.24, 2.45) is 0 Å². The van der Waals surface area contributed by atoms with E-state index in [-0.39, 0.29) is 10.8 Å². The van der Waals surface area contributed by atoms with Crippen LogP contribution in [0.4, 0.5) is 0 Å². The van der Waals surface area contributed by atoms with Crippen LogP contribution in [-0.2, 0) is 10.0 Å². The predicted molar refractivity (Wildman–Crippen MR) is 83.8 cm³/mol. The first-order chi connectivity index (χ1) is 10.0. The molecule has 0 aliphatic rings. The highest BCUT2D eigenvalue weighted by molar-refractivity contribution is 7.89. The predicted octanol–water partition coefficient (Wildman–Crippen LogP) is 2.29. The van der Waals surface area contributed by atoms with E-state index in [4.69, 9.17) is 0 Å². The van der Waals surface area contributed by atoms with Crippen molar-refractivity contribution in [2.45, 2.75) is 44.4 Å². The Hall–Kier alpha value is -1.40. The second-order valence-electron chi connectivity index (χ2n) is 4.89. The van der Waals surface area contributed by atoms with Crippen molar-refractivity contribution in [3.05, 3.63) is 29.8 Å². The topological polar surface area (TPSA) is 75.3 Å². The van der Waals surface area contributed by atoms with Gasteiger partial charge in [0.05, 0.1) is 4.90 Å². The van der Waals surface area contributed by atoms with Gasteiger partial charge in [-0.2, -0.15) is 0 Å². The molecule has 5 nitrogen and oxygen atoms in total. The van der Waals surface area contributed by atoms with Gasteiger partial charge >= 0.3 is 0 Å². The SMILES string of the molecule is CCCCCNS(=O)(=O)c1ccc(C(=O)NCCC)cc1. The van der Waals surface area contributed by atoms with Crippen LogP contribution in [0, 0.1) is 0 Å². The van der Waals surface area contributed by atoms with E-state index in [2.05, 4.69) is 17.0 Å². The summed E-state index contributed by atoms with van der Waals surface area (Å²) in [6.45, 7) is 5.09. The number of sulfonamides is 1. The molecule has 0 aliphatic carbocycles. The quantitative estimate of drug-likeness (QED) is 0.687. The molecule has 6 heteroatoms. The van der Waals surface area contributed by atoms with E-state index in [1.165, 1.54) is 24.3 Å². The third-order valence-corrected chi connectivity index (χ3v) is 4.51. The van der Waals surface area contributed by atoms with Crippen LogP contribution in [0.25, 0.3) is 0 Å². The number of amides is 1. The van der Waals surface area contributed by atoms with Crippen molar-refractivity contribution in [1.82, 2.24) is 10.0 Å². The third-order valence-electron chi connectivity index (χ3n) is 3.03. The molecule has 21 heavy (non-hydrogen) atoms. The highest BCUT2D eigenvalue weighted by Gasteiger charge is 2.14. The maximum Gasteiger partial charge on any atom is 0.251 e. The molecule has 2 N–H and O–H groups in total. The number of hydrogen-bond acceptors (Lipinski definition) is 3. The molecule has 0 spiro atoms. The average molecular weight is 312 g/mol. The molecule has 118 valence electrons. The summed E-state index contributed by atoms with van der Waals surface area (Å²) in [7, 11) is -3.48. The fraction of sp³-hybridized carbons (Fsp3) is 0.533. The molecule has 0 aromatic heterocycles. The Morgan fingerprint density at radius 3 is 2.24 bits per heavy atom. The Morgan fingerprint density at radius 2 is 1.67 bits per heavy atom. The van der Waals surface area contributed by atoms with Gasteiger partial charge in [-0.25, -0.2) is 13.1 Å². The first-order valence-corrected chi connectivity index (χ1v) is 8.87. The number of unbranched alkanes of at least 4 members (excludes halogenated alkanes) is 2. The summed E-state index contributed by atoms with van der Waals surface area (Å²) >= 11 is 0. The Bertz CT molecular complexity index is 539. The molecule has 0 saturated heterocycles. The Labute approximate surface area is 127 Å². The van der Waals surface area contributed by atoms with Gasteiger partial charge in [-0.1, -0.05) is 26.7 Å². The molecule has 1 aromatic rings. The first-order valence-electron chi connectivity index (χ1n) is 7.39. The Kier molecular flexibility index (Phi) is 7.39. The second-order valence-corrected chi connectivity index (χ2v) is 6.65. The maximum absolute atomic E-state index is 12.0. The zero-order valence-corrected chi connectivity index (χ0v) is 13.5. The lowest BCUT2D eigenvalue weighted by Crippen LogP contribution is -2.26. The van der Waals surface area contributed by atoms with Crippen molar-refractivity contribution in [1.29, 1.82) is 0 Å². The van der Waals surface area contributed by atoms with Crippen molar-refractivity contribution in [2.75, 3.05) is 13.1 Å². The van der Waals surface area contributed by atoms with Crippen LogP contribution in [0.3, 0.4) is 0 Å². The minimum absolute atomic E-state index is 0.184. The monoisotopic (exact) mass is 312 g/mol. The summed E-state index contributed by atoms with van der Waals surface area (Å²) in [5.41, 5.74) is 0.466. The van der Waals surface area contributed by atoms with Crippen LogP contribution in [0.1, 0.15) is 49.9 Å². The van der Waals surface area contributed by atoms with Crippen LogP contribution in [0.15, 0.2) is 29.2 Å². The van der Waals surface area contributed by atoms with Gasteiger partial charge in [-0.15, -0.1) is 0 Å². The van der Waals surface area contributed by atoms with Crippen molar-refractivity contribution in [3.8, 4) is 0 Å². The van der Waals surface area contributed by atoms with Crippen LogP contribution >= 0.6 is 0 Å². The van der Waals surface area contributed by atoms with E-state index >= 15 is 0 Å². The summed E-state index contributed by atoms with van der Waals surface area (Å²) in [6.07, 6.45) is 3.73. The zero-order valence-electron chi connectivity index (χ0n) is 12.7. The molecule has 0 unspecified atom stereocenters. The van der Waals surface area contributed by atoms with Gasteiger partial charge in [0, 0.05) is 18.7 Å². The molecule has 0 fully saturated rings. The smallest absolute Gasteiger partial charge is 0.251 e. The number of carbonyl (C=O) groups is 1. The largest absolute Gasteiger partial charge is 0.352 e. The number of benzene rings is 1. The molecule has 1 amide bonds. The molecule has 0 atom stereocenters. The summed E-state index contributed by atoms with van der Waals surface area (Å²) < 4.78 is 26.6. The number of carbonyl (C=O) groups excluding carboxylic acids is 1.